The van der Waals surface area contributed by atoms with Gasteiger partial charge in [-0.25, -0.2) is 15.0 Å². The first-order chi connectivity index (χ1) is 34.9. The molecule has 10 bridgehead atoms. The van der Waals surface area contributed by atoms with E-state index in [1.165, 1.54) is 0 Å². The Hall–Kier alpha value is -8.32. The molecule has 71 heavy (non-hydrogen) atoms. The molecule has 0 radical (unpaired) electrons. The fourth-order valence-corrected chi connectivity index (χ4v) is 8.77. The molecule has 4 aromatic heterocycles. The van der Waals surface area contributed by atoms with Crippen LogP contribution in [0, 0.1) is 13.8 Å². The summed E-state index contributed by atoms with van der Waals surface area (Å²) in [7, 11) is 0. The van der Waals surface area contributed by atoms with Crippen molar-refractivity contribution in [3.8, 4) is 68.1 Å². The number of aromatic nitrogens is 4. The second-order valence-electron chi connectivity index (χ2n) is 17.3. The average molecular weight is 943 g/mol. The van der Waals surface area contributed by atoms with Gasteiger partial charge in [0.1, 0.15) is 67.5 Å². The lowest BCUT2D eigenvalue weighted by atomic mass is 10.0. The standard InChI is InChI=1S/C59H50N4O8/c1-37-52(40-7-15-47(64)16-8-40)33-45-5-6-46-34-55(38(2)61-59(46)58(45)60-37)71-36-39-31-50-35-51(32-39)70-30-26-66-24-28-68-49-19-11-42(12-20-49)54-22-14-44-4-3-43-13-21-53(62-56(43)57(44)63-54)41-9-17-48(18-10-41)67-27-23-65-25-29-69-50/h3-22,31-35,64H,23-30,36H2,1-2H3. The molecule has 354 valence electrons. The third-order valence-corrected chi connectivity index (χ3v) is 12.4. The van der Waals surface area contributed by atoms with Gasteiger partial charge in [0.05, 0.1) is 65.6 Å². The number of hydrogen-bond acceptors (Lipinski definition) is 12. The van der Waals surface area contributed by atoms with Crippen LogP contribution < -0.4 is 23.7 Å². The summed E-state index contributed by atoms with van der Waals surface area (Å²) in [5.74, 6) is 3.62. The van der Waals surface area contributed by atoms with E-state index in [9.17, 15) is 5.11 Å². The lowest BCUT2D eigenvalue weighted by Crippen LogP contribution is -2.13. The summed E-state index contributed by atoms with van der Waals surface area (Å²) in [6.07, 6.45) is 0. The molecule has 0 unspecified atom stereocenters. The van der Waals surface area contributed by atoms with E-state index >= 15 is 0 Å². The first-order valence-corrected chi connectivity index (χ1v) is 23.7. The van der Waals surface area contributed by atoms with Gasteiger partial charge in [0.15, 0.2) is 0 Å². The lowest BCUT2D eigenvalue weighted by molar-refractivity contribution is 0.0746. The van der Waals surface area contributed by atoms with Gasteiger partial charge >= 0.3 is 0 Å². The largest absolute Gasteiger partial charge is 0.508 e. The predicted molar refractivity (Wildman–Crippen MR) is 276 cm³/mol. The van der Waals surface area contributed by atoms with E-state index in [0.717, 1.165) is 106 Å². The summed E-state index contributed by atoms with van der Waals surface area (Å²) in [4.78, 5) is 20.2. The van der Waals surface area contributed by atoms with Gasteiger partial charge in [0, 0.05) is 50.0 Å². The summed E-state index contributed by atoms with van der Waals surface area (Å²) >= 11 is 0. The zero-order valence-corrected chi connectivity index (χ0v) is 39.4. The van der Waals surface area contributed by atoms with Gasteiger partial charge in [-0.15, -0.1) is 0 Å². The quantitative estimate of drug-likeness (QED) is 0.168. The van der Waals surface area contributed by atoms with Crippen LogP contribution in [0.5, 0.6) is 34.5 Å². The van der Waals surface area contributed by atoms with Crippen LogP contribution >= 0.6 is 0 Å². The van der Waals surface area contributed by atoms with Crippen molar-refractivity contribution >= 4 is 43.6 Å². The SMILES string of the molecule is Cc1nc2c(ccc3cc(-c4ccc(O)cc4)c(C)nc32)cc1OCc1cc2cc(c1)OCCOCCOc1ccc(cc1)-c1ccc3ccc4ccc(nc4c3n1)-c1ccc(cc1)OCCOCCO2. The smallest absolute Gasteiger partial charge is 0.141 e. The minimum absolute atomic E-state index is 0.226. The number of rotatable bonds is 4. The van der Waals surface area contributed by atoms with Crippen molar-refractivity contribution in [3.63, 3.8) is 0 Å². The fourth-order valence-electron chi connectivity index (χ4n) is 8.77. The second kappa shape index (κ2) is 20.3. The third-order valence-electron chi connectivity index (χ3n) is 12.4. The number of phenols is 1. The number of pyridine rings is 4. The molecule has 7 heterocycles. The third kappa shape index (κ3) is 10.2. The molecule has 0 fully saturated rings. The van der Waals surface area contributed by atoms with Crippen LogP contribution in [0.25, 0.3) is 77.3 Å². The molecule has 12 heteroatoms. The number of benzene rings is 6. The van der Waals surface area contributed by atoms with Crippen LogP contribution in [0.15, 0.2) is 152 Å². The Labute approximate surface area is 410 Å². The van der Waals surface area contributed by atoms with Crippen LogP contribution in [0.3, 0.4) is 0 Å². The number of hydrogen-bond donors (Lipinski definition) is 1. The topological polar surface area (TPSA) is 136 Å². The Morgan fingerprint density at radius 1 is 0.408 bits per heavy atom. The minimum Gasteiger partial charge on any atom is -0.508 e. The summed E-state index contributed by atoms with van der Waals surface area (Å²) in [5.41, 5.74) is 11.5. The Morgan fingerprint density at radius 3 is 1.38 bits per heavy atom. The van der Waals surface area contributed by atoms with Gasteiger partial charge in [-0.3, -0.25) is 4.98 Å². The molecule has 0 saturated carbocycles. The van der Waals surface area contributed by atoms with E-state index in [2.05, 4.69) is 36.4 Å². The van der Waals surface area contributed by atoms with Crippen molar-refractivity contribution < 1.29 is 38.3 Å². The lowest BCUT2D eigenvalue weighted by Gasteiger charge is -2.15. The molecule has 12 nitrogen and oxygen atoms in total. The van der Waals surface area contributed by atoms with Crippen molar-refractivity contribution in [2.24, 2.45) is 0 Å². The first kappa shape index (κ1) is 45.1. The first-order valence-electron chi connectivity index (χ1n) is 23.7. The molecular weight excluding hydrogens is 893 g/mol. The average Bonchev–Trinajstić information content (AvgIpc) is 3.39. The number of aryl methyl sites for hydroxylation is 2. The maximum absolute atomic E-state index is 9.81. The molecule has 0 amide bonds. The number of nitrogens with zero attached hydrogens (tertiary/aromatic N) is 4. The van der Waals surface area contributed by atoms with E-state index in [0.29, 0.717) is 70.1 Å². The van der Waals surface area contributed by atoms with E-state index in [-0.39, 0.29) is 12.4 Å². The van der Waals surface area contributed by atoms with Crippen molar-refractivity contribution in [2.75, 3.05) is 52.9 Å². The van der Waals surface area contributed by atoms with E-state index in [1.807, 2.05) is 117 Å². The zero-order valence-electron chi connectivity index (χ0n) is 39.4. The molecule has 3 aliphatic rings. The number of phenolic OH excluding ortho intramolecular Hbond substituents is 1. The summed E-state index contributed by atoms with van der Waals surface area (Å²) < 4.78 is 42.7. The number of ether oxygens (including phenoxy) is 7. The van der Waals surface area contributed by atoms with Gasteiger partial charge in [0.25, 0.3) is 0 Å². The number of fused-ring (bicyclic) bond motifs is 5. The van der Waals surface area contributed by atoms with Crippen LogP contribution in [0.4, 0.5) is 0 Å². The summed E-state index contributed by atoms with van der Waals surface area (Å²) in [6, 6.07) is 49.5. The van der Waals surface area contributed by atoms with Crippen LogP contribution in [0.2, 0.25) is 0 Å². The minimum atomic E-state index is 0.226. The molecule has 0 atom stereocenters. The molecule has 10 aromatic rings. The summed E-state index contributed by atoms with van der Waals surface area (Å²) in [5, 5.41) is 13.8. The summed E-state index contributed by atoms with van der Waals surface area (Å²) in [6.45, 7) is 7.09. The Morgan fingerprint density at radius 2 is 0.845 bits per heavy atom. The van der Waals surface area contributed by atoms with Crippen molar-refractivity contribution in [1.82, 2.24) is 19.9 Å². The fraction of sp³-hybridized carbons (Fsp3) is 0.186. The van der Waals surface area contributed by atoms with Crippen LogP contribution in [-0.2, 0) is 16.1 Å². The van der Waals surface area contributed by atoms with E-state index in [1.54, 1.807) is 12.1 Å². The maximum Gasteiger partial charge on any atom is 0.141 e. The van der Waals surface area contributed by atoms with Crippen molar-refractivity contribution in [1.29, 1.82) is 0 Å². The van der Waals surface area contributed by atoms with Gasteiger partial charge in [0.2, 0.25) is 0 Å². The highest BCUT2D eigenvalue weighted by Gasteiger charge is 2.15. The van der Waals surface area contributed by atoms with E-state index in [4.69, 9.17) is 53.1 Å². The van der Waals surface area contributed by atoms with Crippen molar-refractivity contribution in [2.45, 2.75) is 20.5 Å². The van der Waals surface area contributed by atoms with E-state index < -0.39 is 0 Å². The Balaban J connectivity index is 0.780. The van der Waals surface area contributed by atoms with Gasteiger partial charge in [-0.05, 0) is 122 Å². The molecular formula is C59H50N4O8. The van der Waals surface area contributed by atoms with Gasteiger partial charge in [-0.2, -0.15) is 0 Å². The monoisotopic (exact) mass is 942 g/mol. The zero-order chi connectivity index (χ0) is 48.1. The Kier molecular flexibility index (Phi) is 12.9. The molecule has 0 aliphatic carbocycles. The Bertz CT molecular complexity index is 3390. The predicted octanol–water partition coefficient (Wildman–Crippen LogP) is 12.0. The van der Waals surface area contributed by atoms with Gasteiger partial charge in [-0.1, -0.05) is 48.5 Å². The molecule has 1 N–H and O–H groups in total. The molecule has 13 rings (SSSR count). The second-order valence-corrected chi connectivity index (χ2v) is 17.3. The van der Waals surface area contributed by atoms with Crippen LogP contribution in [-0.4, -0.2) is 77.9 Å². The molecule has 0 spiro atoms. The maximum atomic E-state index is 9.81. The highest BCUT2D eigenvalue weighted by Crippen LogP contribution is 2.34. The normalized spacial score (nSPS) is 13.8. The highest BCUT2D eigenvalue weighted by atomic mass is 16.6. The highest BCUT2D eigenvalue weighted by molar-refractivity contribution is 6.05. The van der Waals surface area contributed by atoms with Crippen molar-refractivity contribution in [3.05, 3.63) is 169 Å². The molecule has 0 saturated heterocycles. The number of aromatic hydroxyl groups is 1. The van der Waals surface area contributed by atoms with Crippen LogP contribution in [0.1, 0.15) is 17.0 Å². The molecule has 3 aliphatic heterocycles. The molecule has 6 aromatic carbocycles. The van der Waals surface area contributed by atoms with Gasteiger partial charge < -0.3 is 38.3 Å².